The number of carbonyl (C=O) groups is 1. The predicted octanol–water partition coefficient (Wildman–Crippen LogP) is 3.22. The number of hydrogen-bond donors (Lipinski definition) is 2. The highest BCUT2D eigenvalue weighted by atomic mass is 16.5. The third-order valence-corrected chi connectivity index (χ3v) is 3.94. The molecule has 0 radical (unpaired) electrons. The fourth-order valence-corrected chi connectivity index (χ4v) is 2.79. The van der Waals surface area contributed by atoms with E-state index in [4.69, 9.17) is 14.2 Å². The molecule has 2 amide bonds. The molecule has 1 unspecified atom stereocenters. The van der Waals surface area contributed by atoms with E-state index in [9.17, 15) is 4.79 Å². The average molecular weight is 342 g/mol. The number of nitrogens with one attached hydrogen (secondary N) is 2. The Kier molecular flexibility index (Phi) is 5.28. The normalized spacial score (nSPS) is 15.5. The molecule has 25 heavy (non-hydrogen) atoms. The Balaban J connectivity index is 1.62. The average Bonchev–Trinajstić information content (AvgIpc) is 2.63. The first kappa shape index (κ1) is 17.0. The molecule has 6 heteroatoms. The van der Waals surface area contributed by atoms with Gasteiger partial charge in [-0.3, -0.25) is 0 Å². The lowest BCUT2D eigenvalue weighted by molar-refractivity contribution is 0.222. The fraction of sp³-hybridized carbons (Fsp3) is 0.316. The number of carbonyl (C=O) groups excluding carboxylic acids is 1. The summed E-state index contributed by atoms with van der Waals surface area (Å²) in [5.74, 6) is 2.26. The van der Waals surface area contributed by atoms with Gasteiger partial charge in [0, 0.05) is 0 Å². The van der Waals surface area contributed by atoms with Gasteiger partial charge in [-0.2, -0.15) is 0 Å². The molecule has 1 heterocycles. The minimum atomic E-state index is -0.285. The second kappa shape index (κ2) is 7.79. The van der Waals surface area contributed by atoms with Crippen molar-refractivity contribution < 1.29 is 19.0 Å². The van der Waals surface area contributed by atoms with Crippen LogP contribution in [0.2, 0.25) is 0 Å². The van der Waals surface area contributed by atoms with Crippen molar-refractivity contribution in [1.82, 2.24) is 5.32 Å². The van der Waals surface area contributed by atoms with Crippen LogP contribution in [0.25, 0.3) is 0 Å². The lowest BCUT2D eigenvalue weighted by Gasteiger charge is -2.26. The lowest BCUT2D eigenvalue weighted by atomic mass is 10.0. The Labute approximate surface area is 147 Å². The van der Waals surface area contributed by atoms with Crippen LogP contribution in [0.1, 0.15) is 12.5 Å². The number of amides is 2. The number of anilines is 1. The summed E-state index contributed by atoms with van der Waals surface area (Å²) >= 11 is 0. The van der Waals surface area contributed by atoms with Gasteiger partial charge in [-0.05, 0) is 49.2 Å². The van der Waals surface area contributed by atoms with Crippen molar-refractivity contribution in [2.24, 2.45) is 0 Å². The second-order valence-corrected chi connectivity index (χ2v) is 5.71. The number of methoxy groups -OCH3 is 1. The number of rotatable bonds is 5. The summed E-state index contributed by atoms with van der Waals surface area (Å²) in [6.45, 7) is 2.87. The molecule has 0 spiro atoms. The molecule has 3 rings (SSSR count). The molecule has 132 valence electrons. The van der Waals surface area contributed by atoms with Gasteiger partial charge in [-0.1, -0.05) is 12.1 Å². The largest absolute Gasteiger partial charge is 0.497 e. The maximum Gasteiger partial charge on any atom is 0.319 e. The van der Waals surface area contributed by atoms with Gasteiger partial charge in [0.05, 0.1) is 25.4 Å². The molecule has 0 saturated carbocycles. The maximum atomic E-state index is 12.3. The van der Waals surface area contributed by atoms with Crippen molar-refractivity contribution in [3.63, 3.8) is 0 Å². The van der Waals surface area contributed by atoms with Gasteiger partial charge in [0.25, 0.3) is 0 Å². The van der Waals surface area contributed by atoms with Crippen LogP contribution in [-0.4, -0.2) is 32.4 Å². The summed E-state index contributed by atoms with van der Waals surface area (Å²) in [5, 5.41) is 5.78. The van der Waals surface area contributed by atoms with E-state index < -0.39 is 0 Å². The number of fused-ring (bicyclic) bond motifs is 1. The summed E-state index contributed by atoms with van der Waals surface area (Å²) in [7, 11) is 1.63. The molecular formula is C19H22N2O4. The summed E-state index contributed by atoms with van der Waals surface area (Å²) in [6, 6.07) is 12.6. The molecule has 2 aromatic rings. The Bertz CT molecular complexity index is 748. The first-order valence-corrected chi connectivity index (χ1v) is 8.28. The zero-order valence-corrected chi connectivity index (χ0v) is 14.4. The van der Waals surface area contributed by atoms with Crippen molar-refractivity contribution in [2.45, 2.75) is 19.4 Å². The minimum absolute atomic E-state index is 0.112. The Morgan fingerprint density at radius 1 is 1.28 bits per heavy atom. The van der Waals surface area contributed by atoms with Gasteiger partial charge in [0.1, 0.15) is 23.9 Å². The molecule has 1 aliphatic rings. The molecule has 0 saturated heterocycles. The number of para-hydroxylation sites is 2. The van der Waals surface area contributed by atoms with Gasteiger partial charge in [0.15, 0.2) is 0 Å². The van der Waals surface area contributed by atoms with Crippen LogP contribution >= 0.6 is 0 Å². The summed E-state index contributed by atoms with van der Waals surface area (Å²) in [6.07, 6.45) is 0.688. The van der Waals surface area contributed by atoms with Gasteiger partial charge >= 0.3 is 6.03 Å². The summed E-state index contributed by atoms with van der Waals surface area (Å²) in [4.78, 5) is 12.3. The molecular weight excluding hydrogens is 320 g/mol. The van der Waals surface area contributed by atoms with Crippen molar-refractivity contribution in [2.75, 3.05) is 25.6 Å². The van der Waals surface area contributed by atoms with Gasteiger partial charge in [-0.15, -0.1) is 0 Å². The molecule has 2 N–H and O–H groups in total. The molecule has 1 atom stereocenters. The SMILES string of the molecule is CCOc1ccccc1NC(=O)NC1COc2ccc(OC)cc2C1. The van der Waals surface area contributed by atoms with Gasteiger partial charge in [0.2, 0.25) is 0 Å². The van der Waals surface area contributed by atoms with Crippen LogP contribution in [-0.2, 0) is 6.42 Å². The van der Waals surface area contributed by atoms with Crippen LogP contribution in [0, 0.1) is 0 Å². The van der Waals surface area contributed by atoms with E-state index in [1.807, 2.05) is 49.4 Å². The second-order valence-electron chi connectivity index (χ2n) is 5.71. The van der Waals surface area contributed by atoms with Crippen LogP contribution in [0.4, 0.5) is 10.5 Å². The third-order valence-electron chi connectivity index (χ3n) is 3.94. The van der Waals surface area contributed by atoms with E-state index in [0.29, 0.717) is 31.1 Å². The smallest absolute Gasteiger partial charge is 0.319 e. The topological polar surface area (TPSA) is 68.8 Å². The van der Waals surface area contributed by atoms with E-state index in [0.717, 1.165) is 17.1 Å². The Morgan fingerprint density at radius 3 is 2.92 bits per heavy atom. The molecule has 6 nitrogen and oxygen atoms in total. The number of urea groups is 1. The number of hydrogen-bond acceptors (Lipinski definition) is 4. The zero-order valence-electron chi connectivity index (χ0n) is 14.4. The predicted molar refractivity (Wildman–Crippen MR) is 95.7 cm³/mol. The molecule has 0 aromatic heterocycles. The van der Waals surface area contributed by atoms with Gasteiger partial charge in [-0.25, -0.2) is 4.79 Å². The maximum absolute atomic E-state index is 12.3. The first-order chi connectivity index (χ1) is 12.2. The van der Waals surface area contributed by atoms with Crippen molar-refractivity contribution in [3.8, 4) is 17.2 Å². The quantitative estimate of drug-likeness (QED) is 0.875. The summed E-state index contributed by atoms with van der Waals surface area (Å²) in [5.41, 5.74) is 1.66. The highest BCUT2D eigenvalue weighted by molar-refractivity contribution is 5.91. The van der Waals surface area contributed by atoms with E-state index >= 15 is 0 Å². The Morgan fingerprint density at radius 2 is 2.12 bits per heavy atom. The van der Waals surface area contributed by atoms with Gasteiger partial charge < -0.3 is 24.8 Å². The standard InChI is InChI=1S/C19H22N2O4/c1-3-24-18-7-5-4-6-16(18)21-19(22)20-14-10-13-11-15(23-2)8-9-17(13)25-12-14/h4-9,11,14H,3,10,12H2,1-2H3,(H2,20,21,22). The first-order valence-electron chi connectivity index (χ1n) is 8.28. The van der Waals surface area contributed by atoms with E-state index in [-0.39, 0.29) is 12.1 Å². The zero-order chi connectivity index (χ0) is 17.6. The third kappa shape index (κ3) is 4.15. The molecule has 0 aliphatic carbocycles. The monoisotopic (exact) mass is 342 g/mol. The highest BCUT2D eigenvalue weighted by Crippen LogP contribution is 2.29. The van der Waals surface area contributed by atoms with E-state index in [1.54, 1.807) is 7.11 Å². The van der Waals surface area contributed by atoms with Crippen molar-refractivity contribution in [1.29, 1.82) is 0 Å². The van der Waals surface area contributed by atoms with Crippen LogP contribution in [0.15, 0.2) is 42.5 Å². The fourth-order valence-electron chi connectivity index (χ4n) is 2.79. The van der Waals surface area contributed by atoms with Crippen molar-refractivity contribution >= 4 is 11.7 Å². The van der Waals surface area contributed by atoms with Crippen molar-refractivity contribution in [3.05, 3.63) is 48.0 Å². The number of ether oxygens (including phenoxy) is 3. The Hall–Kier alpha value is -2.89. The molecule has 2 aromatic carbocycles. The van der Waals surface area contributed by atoms with Crippen LogP contribution in [0.5, 0.6) is 17.2 Å². The van der Waals surface area contributed by atoms with E-state index in [1.165, 1.54) is 0 Å². The van der Waals surface area contributed by atoms with Crippen LogP contribution < -0.4 is 24.8 Å². The lowest BCUT2D eigenvalue weighted by Crippen LogP contribution is -2.44. The van der Waals surface area contributed by atoms with E-state index in [2.05, 4.69) is 10.6 Å². The summed E-state index contributed by atoms with van der Waals surface area (Å²) < 4.78 is 16.5. The minimum Gasteiger partial charge on any atom is -0.497 e. The molecule has 1 aliphatic heterocycles. The van der Waals surface area contributed by atoms with Crippen LogP contribution in [0.3, 0.4) is 0 Å². The molecule has 0 fully saturated rings. The number of benzene rings is 2. The molecule has 0 bridgehead atoms. The highest BCUT2D eigenvalue weighted by Gasteiger charge is 2.22.